The zero-order valence-corrected chi connectivity index (χ0v) is 15.0. The summed E-state index contributed by atoms with van der Waals surface area (Å²) >= 11 is 25.3. The summed E-state index contributed by atoms with van der Waals surface area (Å²) in [4.78, 5) is 0. The van der Waals surface area contributed by atoms with E-state index in [-0.39, 0.29) is 12.0 Å². The van der Waals surface area contributed by atoms with Crippen molar-refractivity contribution in [2.45, 2.75) is 18.4 Å². The largest absolute Gasteiger partial charge is 0.376 e. The molecular formula is C18H13Cl4N. The first-order valence-electron chi connectivity index (χ1n) is 7.42. The van der Waals surface area contributed by atoms with Crippen LogP contribution in [0.1, 0.15) is 29.5 Å². The normalized spacial score (nSPS) is 25.0. The van der Waals surface area contributed by atoms with Crippen molar-refractivity contribution in [2.24, 2.45) is 5.92 Å². The molecule has 0 bridgehead atoms. The maximum atomic E-state index is 6.46. The maximum absolute atomic E-state index is 6.46. The lowest BCUT2D eigenvalue weighted by Gasteiger charge is -2.38. The molecule has 0 saturated heterocycles. The molecule has 3 atom stereocenters. The molecule has 0 radical (unpaired) electrons. The van der Waals surface area contributed by atoms with Gasteiger partial charge >= 0.3 is 0 Å². The van der Waals surface area contributed by atoms with Gasteiger partial charge in [-0.3, -0.25) is 0 Å². The van der Waals surface area contributed by atoms with Gasteiger partial charge in [0, 0.05) is 10.9 Å². The summed E-state index contributed by atoms with van der Waals surface area (Å²) in [6, 6.07) is 9.59. The van der Waals surface area contributed by atoms with Crippen molar-refractivity contribution < 1.29 is 0 Å². The summed E-state index contributed by atoms with van der Waals surface area (Å²) < 4.78 is 0. The predicted molar refractivity (Wildman–Crippen MR) is 99.3 cm³/mol. The second-order valence-electron chi connectivity index (χ2n) is 5.97. The summed E-state index contributed by atoms with van der Waals surface area (Å²) in [5, 5.41) is 6.04. The lowest BCUT2D eigenvalue weighted by Crippen LogP contribution is -2.29. The monoisotopic (exact) mass is 383 g/mol. The molecule has 2 aromatic carbocycles. The van der Waals surface area contributed by atoms with E-state index < -0.39 is 0 Å². The second kappa shape index (κ2) is 5.89. The summed E-state index contributed by atoms with van der Waals surface area (Å²) in [7, 11) is 0. The molecule has 1 nitrogen and oxygen atoms in total. The number of allylic oxidation sites excluding steroid dienone is 2. The van der Waals surface area contributed by atoms with Crippen LogP contribution >= 0.6 is 46.4 Å². The highest BCUT2D eigenvalue weighted by Crippen LogP contribution is 2.53. The molecule has 0 saturated carbocycles. The van der Waals surface area contributed by atoms with Crippen LogP contribution in [0.3, 0.4) is 0 Å². The Hall–Kier alpha value is -0.860. The van der Waals surface area contributed by atoms with E-state index in [1.165, 1.54) is 0 Å². The topological polar surface area (TPSA) is 12.0 Å². The van der Waals surface area contributed by atoms with Crippen molar-refractivity contribution in [1.82, 2.24) is 0 Å². The first-order valence-corrected chi connectivity index (χ1v) is 8.93. The van der Waals surface area contributed by atoms with Crippen molar-refractivity contribution in [3.8, 4) is 0 Å². The van der Waals surface area contributed by atoms with Gasteiger partial charge in [-0.05, 0) is 41.7 Å². The molecule has 23 heavy (non-hydrogen) atoms. The van der Waals surface area contributed by atoms with Gasteiger partial charge in [0.2, 0.25) is 0 Å². The van der Waals surface area contributed by atoms with Crippen LogP contribution in [0, 0.1) is 5.92 Å². The zero-order valence-electron chi connectivity index (χ0n) is 12.0. The van der Waals surface area contributed by atoms with Crippen LogP contribution in [0.2, 0.25) is 20.1 Å². The zero-order chi connectivity index (χ0) is 16.1. The third-order valence-corrected chi connectivity index (χ3v) is 6.05. The van der Waals surface area contributed by atoms with Crippen LogP contribution in [0.15, 0.2) is 42.5 Å². The van der Waals surface area contributed by atoms with Crippen LogP contribution in [0.4, 0.5) is 5.69 Å². The Morgan fingerprint density at radius 1 is 0.957 bits per heavy atom. The molecule has 0 aromatic heterocycles. The standard InChI is InChI=1S/C18H13Cl4N/c19-9-7-13-10-3-1-4-11(10)17(23-18(13)15(21)8-9)12-5-2-6-14(20)16(12)22/h1-3,5-8,10-11,17,23H,4H2/t10-,11-,17+/m0/s1. The summed E-state index contributed by atoms with van der Waals surface area (Å²) in [6.45, 7) is 0. The van der Waals surface area contributed by atoms with E-state index in [4.69, 9.17) is 46.4 Å². The van der Waals surface area contributed by atoms with Crippen molar-refractivity contribution in [3.63, 3.8) is 0 Å². The third kappa shape index (κ3) is 2.55. The highest BCUT2D eigenvalue weighted by Gasteiger charge is 2.39. The Kier molecular flexibility index (Phi) is 4.01. The lowest BCUT2D eigenvalue weighted by molar-refractivity contribution is 0.426. The van der Waals surface area contributed by atoms with E-state index in [1.54, 1.807) is 12.1 Å². The number of anilines is 1. The molecule has 1 aliphatic heterocycles. The quantitative estimate of drug-likeness (QED) is 0.515. The van der Waals surface area contributed by atoms with Gasteiger partial charge in [-0.1, -0.05) is 70.7 Å². The number of nitrogens with one attached hydrogen (secondary N) is 1. The molecule has 1 aliphatic carbocycles. The van der Waals surface area contributed by atoms with Gasteiger partial charge < -0.3 is 5.32 Å². The summed E-state index contributed by atoms with van der Waals surface area (Å²) in [5.41, 5.74) is 3.09. The Balaban J connectivity index is 1.86. The fourth-order valence-corrected chi connectivity index (χ4v) is 4.68. The minimum Gasteiger partial charge on any atom is -0.376 e. The Morgan fingerprint density at radius 2 is 1.78 bits per heavy atom. The maximum Gasteiger partial charge on any atom is 0.0655 e. The Bertz CT molecular complexity index is 815. The molecule has 0 spiro atoms. The number of hydrogen-bond acceptors (Lipinski definition) is 1. The van der Waals surface area contributed by atoms with Crippen molar-refractivity contribution in [3.05, 3.63) is 73.7 Å². The average molecular weight is 385 g/mol. The Morgan fingerprint density at radius 3 is 2.61 bits per heavy atom. The molecule has 5 heteroatoms. The van der Waals surface area contributed by atoms with Gasteiger partial charge in [0.05, 0.1) is 26.8 Å². The average Bonchev–Trinajstić information content (AvgIpc) is 3.00. The highest BCUT2D eigenvalue weighted by molar-refractivity contribution is 6.42. The molecule has 0 amide bonds. The molecule has 118 valence electrons. The van der Waals surface area contributed by atoms with Gasteiger partial charge in [-0.25, -0.2) is 0 Å². The van der Waals surface area contributed by atoms with E-state index in [0.29, 0.717) is 26.0 Å². The molecule has 2 aliphatic rings. The third-order valence-electron chi connectivity index (χ3n) is 4.70. The van der Waals surface area contributed by atoms with Crippen molar-refractivity contribution in [1.29, 1.82) is 0 Å². The van der Waals surface area contributed by atoms with Gasteiger partial charge in [0.25, 0.3) is 0 Å². The van der Waals surface area contributed by atoms with E-state index in [0.717, 1.165) is 23.2 Å². The van der Waals surface area contributed by atoms with Crippen LogP contribution < -0.4 is 5.32 Å². The summed E-state index contributed by atoms with van der Waals surface area (Å²) in [6.07, 6.45) is 5.43. The minimum atomic E-state index is 0.0624. The smallest absolute Gasteiger partial charge is 0.0655 e. The molecule has 1 heterocycles. The SMILES string of the molecule is Clc1cc(Cl)c2c(c1)[C@H]1C=CC[C@@H]1[C@H](c1cccc(Cl)c1Cl)N2. The molecular weight excluding hydrogens is 372 g/mol. The number of fused-ring (bicyclic) bond motifs is 3. The molecule has 0 fully saturated rings. The van der Waals surface area contributed by atoms with Crippen molar-refractivity contribution >= 4 is 52.1 Å². The van der Waals surface area contributed by atoms with Gasteiger partial charge in [0.1, 0.15) is 0 Å². The summed E-state index contributed by atoms with van der Waals surface area (Å²) in [5.74, 6) is 0.649. The Labute approximate surface area is 155 Å². The molecule has 1 N–H and O–H groups in total. The van der Waals surface area contributed by atoms with Crippen LogP contribution in [0.25, 0.3) is 0 Å². The fraction of sp³-hybridized carbons (Fsp3) is 0.222. The second-order valence-corrected chi connectivity index (χ2v) is 7.60. The molecule has 0 unspecified atom stereocenters. The number of benzene rings is 2. The number of rotatable bonds is 1. The van der Waals surface area contributed by atoms with Crippen LogP contribution in [-0.2, 0) is 0 Å². The van der Waals surface area contributed by atoms with E-state index >= 15 is 0 Å². The van der Waals surface area contributed by atoms with Gasteiger partial charge in [-0.2, -0.15) is 0 Å². The predicted octanol–water partition coefficient (Wildman–Crippen LogP) is 7.13. The number of hydrogen-bond donors (Lipinski definition) is 1. The van der Waals surface area contributed by atoms with E-state index in [9.17, 15) is 0 Å². The van der Waals surface area contributed by atoms with Crippen LogP contribution in [0.5, 0.6) is 0 Å². The van der Waals surface area contributed by atoms with Crippen LogP contribution in [-0.4, -0.2) is 0 Å². The molecule has 2 aromatic rings. The molecule has 4 rings (SSSR count). The minimum absolute atomic E-state index is 0.0624. The van der Waals surface area contributed by atoms with Gasteiger partial charge in [-0.15, -0.1) is 0 Å². The lowest BCUT2D eigenvalue weighted by atomic mass is 9.77. The first-order chi connectivity index (χ1) is 11.1. The fourth-order valence-electron chi connectivity index (χ4n) is 3.69. The highest BCUT2D eigenvalue weighted by atomic mass is 35.5. The van der Waals surface area contributed by atoms with E-state index in [1.807, 2.05) is 18.2 Å². The van der Waals surface area contributed by atoms with E-state index in [2.05, 4.69) is 17.5 Å². The number of halogens is 4. The van der Waals surface area contributed by atoms with Crippen molar-refractivity contribution in [2.75, 3.05) is 5.32 Å². The van der Waals surface area contributed by atoms with Gasteiger partial charge in [0.15, 0.2) is 0 Å². The first kappa shape index (κ1) is 15.7.